The van der Waals surface area contributed by atoms with Crippen molar-refractivity contribution in [2.45, 2.75) is 6.92 Å². The van der Waals surface area contributed by atoms with Crippen molar-refractivity contribution < 1.29 is 0 Å². The maximum absolute atomic E-state index is 12.5. The topological polar surface area (TPSA) is 76.7 Å². The Morgan fingerprint density at radius 1 is 0.941 bits per heavy atom. The van der Waals surface area contributed by atoms with Crippen LogP contribution in [0.15, 0.2) is 59.7 Å². The molecule has 0 bridgehead atoms. The van der Waals surface area contributed by atoms with Crippen molar-refractivity contribution in [1.29, 1.82) is 0 Å². The molecule has 0 aliphatic rings. The van der Waals surface area contributed by atoms with Gasteiger partial charge in [0.2, 0.25) is 0 Å². The summed E-state index contributed by atoms with van der Waals surface area (Å²) in [6.45, 7) is 2.09. The first-order valence-electron chi connectivity index (χ1n) is 11.1. The molecule has 34 heavy (non-hydrogen) atoms. The largest absolute Gasteiger partial charge is 0.361 e. The predicted octanol–water partition coefficient (Wildman–Crippen LogP) is 4.13. The van der Waals surface area contributed by atoms with Crippen molar-refractivity contribution in [3.05, 3.63) is 70.9 Å². The van der Waals surface area contributed by atoms with E-state index in [9.17, 15) is 4.79 Å². The molecule has 0 atom stereocenters. The van der Waals surface area contributed by atoms with E-state index in [0.717, 1.165) is 55.9 Å². The Kier molecular flexibility index (Phi) is 4.23. The zero-order valence-electron chi connectivity index (χ0n) is 19.8. The predicted molar refractivity (Wildman–Crippen MR) is 137 cm³/mol. The molecule has 4 aromatic heterocycles. The monoisotopic (exact) mass is 451 g/mol. The number of rotatable bonds is 3. The minimum atomic E-state index is -0.0473. The molecule has 8 heteroatoms. The number of anilines is 1. The molecule has 170 valence electrons. The number of aromatic nitrogens is 6. The Bertz CT molecular complexity index is 1800. The average molecular weight is 452 g/mol. The van der Waals surface area contributed by atoms with Gasteiger partial charge in [-0.3, -0.25) is 13.7 Å². The van der Waals surface area contributed by atoms with E-state index in [-0.39, 0.29) is 5.69 Å². The zero-order chi connectivity index (χ0) is 23.7. The van der Waals surface area contributed by atoms with E-state index in [1.165, 1.54) is 5.56 Å². The van der Waals surface area contributed by atoms with Gasteiger partial charge in [0.1, 0.15) is 11.3 Å². The molecular formula is C26H25N7O. The number of benzene rings is 2. The summed E-state index contributed by atoms with van der Waals surface area (Å²) in [5.41, 5.74) is 7.70. The molecule has 0 radical (unpaired) electrons. The number of H-pyrrole nitrogens is 1. The molecule has 2 aromatic carbocycles. The van der Waals surface area contributed by atoms with E-state index in [1.54, 1.807) is 23.2 Å². The second kappa shape index (κ2) is 7.08. The van der Waals surface area contributed by atoms with Crippen LogP contribution >= 0.6 is 0 Å². The number of hydrogen-bond acceptors (Lipinski definition) is 4. The Labute approximate surface area is 195 Å². The minimum Gasteiger partial charge on any atom is -0.361 e. The molecule has 6 rings (SSSR count). The van der Waals surface area contributed by atoms with Gasteiger partial charge in [-0.05, 0) is 42.8 Å². The molecule has 1 N–H and O–H groups in total. The number of imidazole rings is 2. The average Bonchev–Trinajstić information content (AvgIpc) is 3.47. The van der Waals surface area contributed by atoms with E-state index in [4.69, 9.17) is 4.98 Å². The van der Waals surface area contributed by atoms with Gasteiger partial charge in [-0.2, -0.15) is 0 Å². The first-order valence-corrected chi connectivity index (χ1v) is 11.1. The Morgan fingerprint density at radius 3 is 2.53 bits per heavy atom. The number of nitrogens with zero attached hydrogens (tertiary/aromatic N) is 6. The van der Waals surface area contributed by atoms with Gasteiger partial charge in [-0.25, -0.2) is 14.8 Å². The standard InChI is InChI=1S/C26H25N7O/c1-15-6-8-17-18(14-28-19(17)12-15)24-29-23-21(10-11-27-25(23)30(2)3)33(24)16-7-9-20-22(13-16)32(5)26(34)31(20)4/h6-14,28H,1-5H3. The third-order valence-corrected chi connectivity index (χ3v) is 6.57. The van der Waals surface area contributed by atoms with Gasteiger partial charge in [0.25, 0.3) is 0 Å². The summed E-state index contributed by atoms with van der Waals surface area (Å²) in [6.07, 6.45) is 3.83. The van der Waals surface area contributed by atoms with E-state index in [0.29, 0.717) is 0 Å². The molecule has 0 amide bonds. The number of hydrogen-bond donors (Lipinski definition) is 1. The maximum atomic E-state index is 12.5. The molecule has 0 saturated heterocycles. The van der Waals surface area contributed by atoms with Crippen LogP contribution in [-0.2, 0) is 14.1 Å². The molecule has 0 unspecified atom stereocenters. The lowest BCUT2D eigenvalue weighted by Gasteiger charge is -2.12. The van der Waals surface area contributed by atoms with Crippen molar-refractivity contribution in [2.75, 3.05) is 19.0 Å². The zero-order valence-corrected chi connectivity index (χ0v) is 19.8. The number of nitrogens with one attached hydrogen (secondary N) is 1. The number of aromatic amines is 1. The summed E-state index contributed by atoms with van der Waals surface area (Å²) < 4.78 is 5.50. The molecule has 0 spiro atoms. The summed E-state index contributed by atoms with van der Waals surface area (Å²) in [5.74, 6) is 1.63. The molecule has 8 nitrogen and oxygen atoms in total. The van der Waals surface area contributed by atoms with Crippen LogP contribution in [0, 0.1) is 6.92 Å². The van der Waals surface area contributed by atoms with Gasteiger partial charge in [-0.1, -0.05) is 12.1 Å². The minimum absolute atomic E-state index is 0.0473. The molecule has 0 aliphatic carbocycles. The van der Waals surface area contributed by atoms with Crippen LogP contribution in [0.2, 0.25) is 0 Å². The van der Waals surface area contributed by atoms with Crippen molar-refractivity contribution >= 4 is 38.8 Å². The Balaban J connectivity index is 1.72. The molecule has 6 aromatic rings. The first kappa shape index (κ1) is 20.3. The number of aryl methyl sites for hydroxylation is 3. The highest BCUT2D eigenvalue weighted by Gasteiger charge is 2.21. The molecule has 0 aliphatic heterocycles. The Morgan fingerprint density at radius 2 is 1.74 bits per heavy atom. The lowest BCUT2D eigenvalue weighted by molar-refractivity contribution is 0.795. The first-order chi connectivity index (χ1) is 16.3. The van der Waals surface area contributed by atoms with Crippen LogP contribution in [-0.4, -0.2) is 42.7 Å². The van der Waals surface area contributed by atoms with Crippen LogP contribution in [0.25, 0.3) is 50.0 Å². The third kappa shape index (κ3) is 2.75. The van der Waals surface area contributed by atoms with Gasteiger partial charge in [-0.15, -0.1) is 0 Å². The smallest absolute Gasteiger partial charge is 0.328 e. The highest BCUT2D eigenvalue weighted by molar-refractivity contribution is 5.99. The van der Waals surface area contributed by atoms with Crippen molar-refractivity contribution in [1.82, 2.24) is 28.7 Å². The summed E-state index contributed by atoms with van der Waals surface area (Å²) in [5, 5.41) is 1.11. The van der Waals surface area contributed by atoms with Crippen molar-refractivity contribution in [2.24, 2.45) is 14.1 Å². The van der Waals surface area contributed by atoms with E-state index in [2.05, 4.69) is 45.7 Å². The summed E-state index contributed by atoms with van der Waals surface area (Å²) in [6, 6.07) is 14.5. The van der Waals surface area contributed by atoms with Crippen LogP contribution < -0.4 is 10.6 Å². The summed E-state index contributed by atoms with van der Waals surface area (Å²) >= 11 is 0. The van der Waals surface area contributed by atoms with Gasteiger partial charge < -0.3 is 9.88 Å². The third-order valence-electron chi connectivity index (χ3n) is 6.57. The molecule has 0 saturated carbocycles. The Hall–Kier alpha value is -4.33. The highest BCUT2D eigenvalue weighted by atomic mass is 16.1. The van der Waals surface area contributed by atoms with E-state index >= 15 is 0 Å². The fourth-order valence-electron chi connectivity index (χ4n) is 4.82. The quantitative estimate of drug-likeness (QED) is 0.439. The van der Waals surface area contributed by atoms with Gasteiger partial charge in [0.15, 0.2) is 5.82 Å². The van der Waals surface area contributed by atoms with E-state index in [1.807, 2.05) is 49.6 Å². The second-order valence-electron chi connectivity index (χ2n) is 8.99. The van der Waals surface area contributed by atoms with Gasteiger partial charge in [0.05, 0.1) is 16.6 Å². The van der Waals surface area contributed by atoms with E-state index < -0.39 is 0 Å². The van der Waals surface area contributed by atoms with Gasteiger partial charge in [0, 0.05) is 62.7 Å². The van der Waals surface area contributed by atoms with Crippen molar-refractivity contribution in [3.63, 3.8) is 0 Å². The van der Waals surface area contributed by atoms with Crippen LogP contribution in [0.4, 0.5) is 5.82 Å². The van der Waals surface area contributed by atoms with Crippen LogP contribution in [0.5, 0.6) is 0 Å². The second-order valence-corrected chi connectivity index (χ2v) is 8.99. The summed E-state index contributed by atoms with van der Waals surface area (Å²) in [4.78, 5) is 27.6. The molecular weight excluding hydrogens is 426 g/mol. The fraction of sp³-hybridized carbons (Fsp3) is 0.192. The lowest BCUT2D eigenvalue weighted by atomic mass is 10.1. The highest BCUT2D eigenvalue weighted by Crippen LogP contribution is 2.36. The lowest BCUT2D eigenvalue weighted by Crippen LogP contribution is -2.19. The number of pyridine rings is 1. The van der Waals surface area contributed by atoms with Crippen LogP contribution in [0.1, 0.15) is 5.56 Å². The molecule has 4 heterocycles. The molecule has 0 fully saturated rings. The van der Waals surface area contributed by atoms with Gasteiger partial charge >= 0.3 is 5.69 Å². The number of fused-ring (bicyclic) bond motifs is 3. The van der Waals surface area contributed by atoms with Crippen molar-refractivity contribution in [3.8, 4) is 17.1 Å². The fourth-order valence-corrected chi connectivity index (χ4v) is 4.82. The van der Waals surface area contributed by atoms with Crippen LogP contribution in [0.3, 0.4) is 0 Å². The SMILES string of the molecule is Cc1ccc2c(-c3nc4c(N(C)C)nccc4n3-c3ccc4c(c3)n(C)c(=O)n4C)c[nH]c2c1. The summed E-state index contributed by atoms with van der Waals surface area (Å²) in [7, 11) is 7.55. The maximum Gasteiger partial charge on any atom is 0.328 e. The normalized spacial score (nSPS) is 11.8.